The smallest absolute Gasteiger partial charge is 0.193 e. The fourth-order valence-electron chi connectivity index (χ4n) is 3.55. The standard InChI is InChI=1S/C26H28NO2/c1-19-11-10-15-22(17-19)24(27(29)26(2,3)4)18-21-14-8-9-16-23(21)25(28)20-12-6-5-7-13-20/h5-17,24H,18H2,1-4H3. The quantitative estimate of drug-likeness (QED) is 0.388. The zero-order chi connectivity index (χ0) is 21.0. The van der Waals surface area contributed by atoms with Crippen molar-refractivity contribution in [1.29, 1.82) is 0 Å². The zero-order valence-corrected chi connectivity index (χ0v) is 17.6. The van der Waals surface area contributed by atoms with Crippen LogP contribution >= 0.6 is 0 Å². The Hall–Kier alpha value is -2.75. The minimum absolute atomic E-state index is 0.0163. The van der Waals surface area contributed by atoms with Crippen molar-refractivity contribution < 1.29 is 10.0 Å². The molecule has 0 N–H and O–H groups in total. The SMILES string of the molecule is Cc1cccc(C(Cc2ccccc2C(=O)c2ccccc2)N([O])C(C)(C)C)c1. The van der Waals surface area contributed by atoms with Crippen molar-refractivity contribution in [3.63, 3.8) is 0 Å². The number of rotatable bonds is 6. The third-order valence-corrected chi connectivity index (χ3v) is 5.08. The van der Waals surface area contributed by atoms with E-state index in [1.54, 1.807) is 0 Å². The molecule has 1 atom stereocenters. The van der Waals surface area contributed by atoms with Crippen LogP contribution in [0, 0.1) is 6.92 Å². The highest BCUT2D eigenvalue weighted by molar-refractivity contribution is 6.09. The van der Waals surface area contributed by atoms with Gasteiger partial charge in [-0.2, -0.15) is 0 Å². The molecule has 3 heteroatoms. The van der Waals surface area contributed by atoms with E-state index in [2.05, 4.69) is 6.07 Å². The number of nitrogens with zero attached hydrogens (tertiary/aromatic N) is 1. The summed E-state index contributed by atoms with van der Waals surface area (Å²) in [5.41, 5.74) is 3.73. The van der Waals surface area contributed by atoms with Gasteiger partial charge >= 0.3 is 0 Å². The fraction of sp³-hybridized carbons (Fsp3) is 0.269. The van der Waals surface area contributed by atoms with Gasteiger partial charge in [0.1, 0.15) is 0 Å². The fourth-order valence-corrected chi connectivity index (χ4v) is 3.55. The first kappa shape index (κ1) is 21.0. The molecule has 0 saturated heterocycles. The number of aryl methyl sites for hydroxylation is 1. The van der Waals surface area contributed by atoms with Crippen molar-refractivity contribution in [3.8, 4) is 0 Å². The summed E-state index contributed by atoms with van der Waals surface area (Å²) >= 11 is 0. The Morgan fingerprint density at radius 2 is 1.55 bits per heavy atom. The number of ketones is 1. The number of hydroxylamine groups is 2. The van der Waals surface area contributed by atoms with Crippen molar-refractivity contribution in [2.24, 2.45) is 0 Å². The van der Waals surface area contributed by atoms with Crippen LogP contribution in [0.4, 0.5) is 0 Å². The van der Waals surface area contributed by atoms with E-state index >= 15 is 0 Å². The molecule has 0 bridgehead atoms. The molecule has 3 aromatic rings. The number of benzene rings is 3. The van der Waals surface area contributed by atoms with E-state index in [1.807, 2.05) is 100 Å². The third kappa shape index (κ3) is 5.00. The van der Waals surface area contributed by atoms with Crippen molar-refractivity contribution in [2.45, 2.75) is 45.7 Å². The molecule has 0 amide bonds. The van der Waals surface area contributed by atoms with Crippen molar-refractivity contribution in [3.05, 3.63) is 107 Å². The molecule has 0 aliphatic carbocycles. The molecule has 0 saturated carbocycles. The van der Waals surface area contributed by atoms with E-state index in [4.69, 9.17) is 0 Å². The lowest BCUT2D eigenvalue weighted by Gasteiger charge is -2.35. The van der Waals surface area contributed by atoms with Crippen LogP contribution in [0.15, 0.2) is 78.9 Å². The van der Waals surface area contributed by atoms with Crippen LogP contribution in [0.1, 0.15) is 59.4 Å². The summed E-state index contributed by atoms with van der Waals surface area (Å²) in [6.07, 6.45) is 0.471. The summed E-state index contributed by atoms with van der Waals surface area (Å²) in [4.78, 5) is 13.1. The van der Waals surface area contributed by atoms with Crippen LogP contribution in [0.5, 0.6) is 0 Å². The average Bonchev–Trinajstić information content (AvgIpc) is 2.71. The topological polar surface area (TPSA) is 40.2 Å². The maximum absolute atomic E-state index is 13.3. The van der Waals surface area contributed by atoms with Gasteiger partial charge in [-0.05, 0) is 45.2 Å². The van der Waals surface area contributed by atoms with Crippen LogP contribution in [0.2, 0.25) is 0 Å². The first-order valence-corrected chi connectivity index (χ1v) is 9.98. The normalized spacial score (nSPS) is 12.8. The second-order valence-electron chi connectivity index (χ2n) is 8.48. The third-order valence-electron chi connectivity index (χ3n) is 5.08. The Morgan fingerprint density at radius 3 is 2.21 bits per heavy atom. The Balaban J connectivity index is 2.02. The average molecular weight is 387 g/mol. The maximum atomic E-state index is 13.3. The van der Waals surface area contributed by atoms with E-state index in [0.717, 1.165) is 21.8 Å². The van der Waals surface area contributed by atoms with Crippen LogP contribution in [-0.2, 0) is 11.6 Å². The largest absolute Gasteiger partial charge is 0.289 e. The van der Waals surface area contributed by atoms with Gasteiger partial charge in [-0.15, -0.1) is 10.3 Å². The number of carbonyl (C=O) groups excluding carboxylic acids is 1. The van der Waals surface area contributed by atoms with Crippen LogP contribution in [-0.4, -0.2) is 16.4 Å². The molecule has 0 heterocycles. The maximum Gasteiger partial charge on any atom is 0.193 e. The van der Waals surface area contributed by atoms with E-state index in [0.29, 0.717) is 17.5 Å². The van der Waals surface area contributed by atoms with Gasteiger partial charge in [-0.3, -0.25) is 4.79 Å². The van der Waals surface area contributed by atoms with Crippen molar-refractivity contribution in [1.82, 2.24) is 5.06 Å². The minimum atomic E-state index is -0.549. The molecule has 3 rings (SSSR count). The van der Waals surface area contributed by atoms with Gasteiger partial charge < -0.3 is 0 Å². The van der Waals surface area contributed by atoms with Gasteiger partial charge in [-0.25, -0.2) is 0 Å². The molecular weight excluding hydrogens is 358 g/mol. The molecule has 29 heavy (non-hydrogen) atoms. The van der Waals surface area contributed by atoms with Gasteiger partial charge in [0.15, 0.2) is 5.78 Å². The highest BCUT2D eigenvalue weighted by Crippen LogP contribution is 2.31. The molecule has 3 aromatic carbocycles. The zero-order valence-electron chi connectivity index (χ0n) is 17.6. The van der Waals surface area contributed by atoms with E-state index < -0.39 is 5.54 Å². The summed E-state index contributed by atoms with van der Waals surface area (Å²) in [5, 5.41) is 14.4. The molecule has 0 fully saturated rings. The highest BCUT2D eigenvalue weighted by atomic mass is 16.5. The summed E-state index contributed by atoms with van der Waals surface area (Å²) in [7, 11) is 0. The molecule has 3 nitrogen and oxygen atoms in total. The first-order chi connectivity index (χ1) is 13.8. The second-order valence-corrected chi connectivity index (χ2v) is 8.48. The monoisotopic (exact) mass is 386 g/mol. The summed E-state index contributed by atoms with van der Waals surface area (Å²) < 4.78 is 0. The first-order valence-electron chi connectivity index (χ1n) is 9.98. The van der Waals surface area contributed by atoms with Crippen LogP contribution in [0.25, 0.3) is 0 Å². The summed E-state index contributed by atoms with van der Waals surface area (Å²) in [6.45, 7) is 7.79. The van der Waals surface area contributed by atoms with E-state index in [9.17, 15) is 10.0 Å². The Labute approximate surface area is 173 Å². The predicted octanol–water partition coefficient (Wildman–Crippen LogP) is 5.96. The van der Waals surface area contributed by atoms with Crippen molar-refractivity contribution >= 4 is 5.78 Å². The molecule has 0 spiro atoms. The van der Waals surface area contributed by atoms with Crippen LogP contribution in [0.3, 0.4) is 0 Å². The number of carbonyl (C=O) groups is 1. The van der Waals surface area contributed by atoms with Gasteiger partial charge in [0.25, 0.3) is 0 Å². The second kappa shape index (κ2) is 8.73. The molecule has 1 unspecified atom stereocenters. The van der Waals surface area contributed by atoms with E-state index in [1.165, 1.54) is 0 Å². The molecular formula is C26H28NO2. The summed E-state index contributed by atoms with van der Waals surface area (Å²) in [6, 6.07) is 24.6. The lowest BCUT2D eigenvalue weighted by Crippen LogP contribution is -2.41. The summed E-state index contributed by atoms with van der Waals surface area (Å²) in [5.74, 6) is -0.0163. The van der Waals surface area contributed by atoms with Gasteiger partial charge in [0.2, 0.25) is 0 Å². The molecule has 0 aromatic heterocycles. The van der Waals surface area contributed by atoms with Gasteiger partial charge in [-0.1, -0.05) is 84.4 Å². The van der Waals surface area contributed by atoms with Gasteiger partial charge in [0, 0.05) is 16.7 Å². The molecule has 0 aliphatic rings. The molecule has 0 aliphatic heterocycles. The lowest BCUT2D eigenvalue weighted by molar-refractivity contribution is -0.241. The molecule has 1 radical (unpaired) electrons. The van der Waals surface area contributed by atoms with Crippen LogP contribution < -0.4 is 0 Å². The van der Waals surface area contributed by atoms with Crippen molar-refractivity contribution in [2.75, 3.05) is 0 Å². The van der Waals surface area contributed by atoms with Gasteiger partial charge in [0.05, 0.1) is 6.04 Å². The Kier molecular flexibility index (Phi) is 6.31. The number of hydrogen-bond donors (Lipinski definition) is 0. The molecule has 149 valence electrons. The Morgan fingerprint density at radius 1 is 0.897 bits per heavy atom. The Bertz CT molecular complexity index is 973. The van der Waals surface area contributed by atoms with E-state index in [-0.39, 0.29) is 11.8 Å². The number of hydrogen-bond acceptors (Lipinski definition) is 2. The predicted molar refractivity (Wildman–Crippen MR) is 116 cm³/mol. The highest BCUT2D eigenvalue weighted by Gasteiger charge is 2.31. The minimum Gasteiger partial charge on any atom is -0.289 e. The lowest BCUT2D eigenvalue weighted by atomic mass is 9.90.